The summed E-state index contributed by atoms with van der Waals surface area (Å²) in [6, 6.07) is 1.82. The van der Waals surface area contributed by atoms with Crippen molar-refractivity contribution in [2.24, 2.45) is 0 Å². The maximum Gasteiger partial charge on any atom is 0.149 e. The van der Waals surface area contributed by atoms with Crippen LogP contribution in [0.5, 0.6) is 0 Å². The first-order valence-electron chi connectivity index (χ1n) is 4.94. The Kier molecular flexibility index (Phi) is 3.93. The fraction of sp³-hybridized carbons (Fsp3) is 0.600. The van der Waals surface area contributed by atoms with Crippen LogP contribution in [0.15, 0.2) is 18.5 Å². The lowest BCUT2D eigenvalue weighted by Gasteiger charge is -2.04. The molecule has 5 heteroatoms. The van der Waals surface area contributed by atoms with Crippen LogP contribution >= 0.6 is 0 Å². The Morgan fingerprint density at radius 1 is 1.53 bits per heavy atom. The molecule has 0 fully saturated rings. The highest BCUT2D eigenvalue weighted by Gasteiger charge is 2.07. The van der Waals surface area contributed by atoms with Crippen LogP contribution in [0, 0.1) is 0 Å². The molecule has 86 valence electrons. The first-order valence-corrected chi connectivity index (χ1v) is 7.00. The minimum atomic E-state index is -2.92. The number of rotatable bonds is 5. The summed E-state index contributed by atoms with van der Waals surface area (Å²) in [5.74, 6) is 0.128. The first kappa shape index (κ1) is 12.3. The topological polar surface area (TPSA) is 59.3 Å². The molecule has 1 aromatic rings. The van der Waals surface area contributed by atoms with Gasteiger partial charge < -0.3 is 9.67 Å². The Morgan fingerprint density at radius 3 is 2.73 bits per heavy atom. The van der Waals surface area contributed by atoms with Crippen LogP contribution in [0.2, 0.25) is 0 Å². The van der Waals surface area contributed by atoms with Crippen LogP contribution in [0.25, 0.3) is 0 Å². The average Bonchev–Trinajstić information content (AvgIpc) is 2.61. The number of hydrogen-bond acceptors (Lipinski definition) is 3. The van der Waals surface area contributed by atoms with Gasteiger partial charge in [0.1, 0.15) is 9.84 Å². The Labute approximate surface area is 90.5 Å². The lowest BCUT2D eigenvalue weighted by Crippen LogP contribution is -2.09. The van der Waals surface area contributed by atoms with E-state index in [2.05, 4.69) is 0 Å². The van der Waals surface area contributed by atoms with Crippen molar-refractivity contribution >= 4 is 9.84 Å². The summed E-state index contributed by atoms with van der Waals surface area (Å²) in [5.41, 5.74) is 0.839. The highest BCUT2D eigenvalue weighted by Crippen LogP contribution is 2.16. The Hall–Kier alpha value is -0.810. The molecule has 4 nitrogen and oxygen atoms in total. The number of aromatic nitrogens is 1. The van der Waals surface area contributed by atoms with Gasteiger partial charge in [-0.05, 0) is 18.1 Å². The van der Waals surface area contributed by atoms with Crippen LogP contribution in [0.3, 0.4) is 0 Å². The van der Waals surface area contributed by atoms with Crippen molar-refractivity contribution in [2.75, 3.05) is 12.0 Å². The molecule has 0 saturated heterocycles. The van der Waals surface area contributed by atoms with Crippen molar-refractivity contribution in [3.63, 3.8) is 0 Å². The SMILES string of the molecule is CCC(O)c1ccn(CCS(C)(=O)=O)c1. The lowest BCUT2D eigenvalue weighted by molar-refractivity contribution is 0.173. The number of aryl methyl sites for hydroxylation is 1. The van der Waals surface area contributed by atoms with E-state index in [-0.39, 0.29) is 5.75 Å². The summed E-state index contributed by atoms with van der Waals surface area (Å²) in [6.07, 6.45) is 5.01. The predicted molar refractivity (Wildman–Crippen MR) is 59.4 cm³/mol. The molecule has 1 aromatic heterocycles. The van der Waals surface area contributed by atoms with Gasteiger partial charge in [-0.25, -0.2) is 8.42 Å². The van der Waals surface area contributed by atoms with E-state index in [4.69, 9.17) is 0 Å². The van der Waals surface area contributed by atoms with Gasteiger partial charge in [0.05, 0.1) is 11.9 Å². The fourth-order valence-electron chi connectivity index (χ4n) is 1.30. The second kappa shape index (κ2) is 4.81. The van der Waals surface area contributed by atoms with Crippen molar-refractivity contribution in [3.05, 3.63) is 24.0 Å². The third-order valence-corrected chi connectivity index (χ3v) is 3.19. The Morgan fingerprint density at radius 2 is 2.20 bits per heavy atom. The molecule has 0 radical (unpaired) electrons. The summed E-state index contributed by atoms with van der Waals surface area (Å²) in [4.78, 5) is 0. The van der Waals surface area contributed by atoms with Crippen molar-refractivity contribution in [1.29, 1.82) is 0 Å². The summed E-state index contributed by atoms with van der Waals surface area (Å²) in [5, 5.41) is 9.54. The van der Waals surface area contributed by atoms with E-state index in [0.29, 0.717) is 13.0 Å². The largest absolute Gasteiger partial charge is 0.388 e. The van der Waals surface area contributed by atoms with Gasteiger partial charge in [-0.3, -0.25) is 0 Å². The van der Waals surface area contributed by atoms with E-state index in [1.807, 2.05) is 13.0 Å². The minimum Gasteiger partial charge on any atom is -0.388 e. The fourth-order valence-corrected chi connectivity index (χ4v) is 1.84. The van der Waals surface area contributed by atoms with Crippen LogP contribution in [-0.2, 0) is 16.4 Å². The zero-order valence-electron chi connectivity index (χ0n) is 9.05. The smallest absolute Gasteiger partial charge is 0.149 e. The van der Waals surface area contributed by atoms with Gasteiger partial charge in [0.15, 0.2) is 0 Å². The zero-order valence-corrected chi connectivity index (χ0v) is 9.87. The van der Waals surface area contributed by atoms with Crippen molar-refractivity contribution in [2.45, 2.75) is 26.0 Å². The Balaban J connectivity index is 2.61. The van der Waals surface area contributed by atoms with E-state index in [9.17, 15) is 13.5 Å². The van der Waals surface area contributed by atoms with Crippen molar-refractivity contribution in [1.82, 2.24) is 4.57 Å². The van der Waals surface area contributed by atoms with Gasteiger partial charge in [-0.1, -0.05) is 6.92 Å². The maximum atomic E-state index is 10.9. The maximum absolute atomic E-state index is 10.9. The van der Waals surface area contributed by atoms with Gasteiger partial charge >= 0.3 is 0 Å². The van der Waals surface area contributed by atoms with E-state index in [1.165, 1.54) is 6.26 Å². The van der Waals surface area contributed by atoms with E-state index in [1.54, 1.807) is 17.0 Å². The van der Waals surface area contributed by atoms with E-state index in [0.717, 1.165) is 5.56 Å². The van der Waals surface area contributed by atoms with Crippen molar-refractivity contribution in [3.8, 4) is 0 Å². The molecule has 0 aliphatic rings. The van der Waals surface area contributed by atoms with Crippen LogP contribution in [0.1, 0.15) is 25.0 Å². The van der Waals surface area contributed by atoms with Crippen LogP contribution in [0.4, 0.5) is 0 Å². The summed E-state index contributed by atoms with van der Waals surface area (Å²) in [6.45, 7) is 2.34. The highest BCUT2D eigenvalue weighted by molar-refractivity contribution is 7.90. The zero-order chi connectivity index (χ0) is 11.5. The average molecular weight is 231 g/mol. The van der Waals surface area contributed by atoms with Crippen molar-refractivity contribution < 1.29 is 13.5 Å². The van der Waals surface area contributed by atoms with E-state index < -0.39 is 15.9 Å². The van der Waals surface area contributed by atoms with Gasteiger partial charge in [-0.15, -0.1) is 0 Å². The molecule has 0 amide bonds. The molecule has 1 N–H and O–H groups in total. The Bertz CT molecular complexity index is 408. The third kappa shape index (κ3) is 4.05. The standard InChI is InChI=1S/C10H17NO3S/c1-3-10(12)9-4-5-11(8-9)6-7-15(2,13)14/h4-5,8,10,12H,3,6-7H2,1-2H3. The molecule has 0 aliphatic heterocycles. The molecule has 1 atom stereocenters. The van der Waals surface area contributed by atoms with Crippen LogP contribution < -0.4 is 0 Å². The number of sulfone groups is 1. The molecular formula is C10H17NO3S. The first-order chi connectivity index (χ1) is 6.92. The second-order valence-electron chi connectivity index (χ2n) is 3.74. The lowest BCUT2D eigenvalue weighted by atomic mass is 10.1. The molecule has 0 aliphatic carbocycles. The number of aliphatic hydroxyl groups excluding tert-OH is 1. The quantitative estimate of drug-likeness (QED) is 0.821. The molecule has 1 unspecified atom stereocenters. The normalized spacial score (nSPS) is 14.1. The van der Waals surface area contributed by atoms with Gasteiger partial charge in [0, 0.05) is 25.2 Å². The molecular weight excluding hydrogens is 214 g/mol. The molecule has 15 heavy (non-hydrogen) atoms. The second-order valence-corrected chi connectivity index (χ2v) is 6.00. The monoisotopic (exact) mass is 231 g/mol. The summed E-state index contributed by atoms with van der Waals surface area (Å²) < 4.78 is 23.7. The molecule has 0 spiro atoms. The van der Waals surface area contributed by atoms with Crippen LogP contribution in [-0.4, -0.2) is 30.1 Å². The molecule has 0 bridgehead atoms. The third-order valence-electron chi connectivity index (χ3n) is 2.27. The number of aliphatic hydroxyl groups is 1. The van der Waals surface area contributed by atoms with Gasteiger partial charge in [0.25, 0.3) is 0 Å². The predicted octanol–water partition coefficient (Wildman–Crippen LogP) is 0.976. The minimum absolute atomic E-state index is 0.128. The van der Waals surface area contributed by atoms with Gasteiger partial charge in [0.2, 0.25) is 0 Å². The summed E-state index contributed by atoms with van der Waals surface area (Å²) in [7, 11) is -2.92. The highest BCUT2D eigenvalue weighted by atomic mass is 32.2. The van der Waals surface area contributed by atoms with Gasteiger partial charge in [-0.2, -0.15) is 0 Å². The number of hydrogen-bond donors (Lipinski definition) is 1. The summed E-state index contributed by atoms with van der Waals surface area (Å²) >= 11 is 0. The molecule has 1 rings (SSSR count). The molecule has 1 heterocycles. The molecule has 0 saturated carbocycles. The number of nitrogens with zero attached hydrogens (tertiary/aromatic N) is 1. The van der Waals surface area contributed by atoms with E-state index >= 15 is 0 Å². The molecule has 0 aromatic carbocycles.